The minimum atomic E-state index is -0.423. The van der Waals surface area contributed by atoms with Crippen LogP contribution < -0.4 is 10.6 Å². The molecule has 0 radical (unpaired) electrons. The minimum absolute atomic E-state index is 0.110. The maximum atomic E-state index is 13.1. The number of carbonyl (C=O) groups excluding carboxylic acids is 1. The summed E-state index contributed by atoms with van der Waals surface area (Å²) in [5.41, 5.74) is 1.40. The number of fused-ring (bicyclic) bond motifs is 1. The number of hydrogen-bond donors (Lipinski definition) is 2. The summed E-state index contributed by atoms with van der Waals surface area (Å²) in [7, 11) is 0. The lowest BCUT2D eigenvalue weighted by molar-refractivity contribution is -0.117. The molecule has 0 bridgehead atoms. The molecule has 0 spiro atoms. The van der Waals surface area contributed by atoms with Gasteiger partial charge in [-0.3, -0.25) is 4.79 Å². The maximum Gasteiger partial charge on any atom is 0.246 e. The summed E-state index contributed by atoms with van der Waals surface area (Å²) in [6.07, 6.45) is 0. The number of carbonyl (C=O) groups is 1. The van der Waals surface area contributed by atoms with Crippen LogP contribution in [0.1, 0.15) is 25.5 Å². The van der Waals surface area contributed by atoms with E-state index in [0.29, 0.717) is 17.2 Å². The van der Waals surface area contributed by atoms with E-state index in [0.717, 1.165) is 6.54 Å². The summed E-state index contributed by atoms with van der Waals surface area (Å²) >= 11 is 0. The molecular formula is C12H15FN2O. The summed E-state index contributed by atoms with van der Waals surface area (Å²) in [6.45, 7) is 4.85. The van der Waals surface area contributed by atoms with Crippen molar-refractivity contribution in [2.75, 3.05) is 11.9 Å². The second kappa shape index (κ2) is 4.22. The molecule has 1 heterocycles. The van der Waals surface area contributed by atoms with Gasteiger partial charge in [0.15, 0.2) is 0 Å². The lowest BCUT2D eigenvalue weighted by Gasteiger charge is -2.13. The van der Waals surface area contributed by atoms with E-state index in [1.54, 1.807) is 6.07 Å². The predicted molar refractivity (Wildman–Crippen MR) is 60.6 cm³/mol. The third-order valence-electron chi connectivity index (χ3n) is 2.57. The fourth-order valence-corrected chi connectivity index (χ4v) is 1.79. The first-order valence-electron chi connectivity index (χ1n) is 5.41. The number of nitrogens with one attached hydrogen (secondary N) is 2. The van der Waals surface area contributed by atoms with Crippen LogP contribution in [0, 0.1) is 11.7 Å². The van der Waals surface area contributed by atoms with E-state index in [9.17, 15) is 9.18 Å². The van der Waals surface area contributed by atoms with Gasteiger partial charge < -0.3 is 10.6 Å². The maximum absolute atomic E-state index is 13.1. The number of halogens is 1. The van der Waals surface area contributed by atoms with Crippen molar-refractivity contribution in [3.8, 4) is 0 Å². The van der Waals surface area contributed by atoms with Crippen LogP contribution in [-0.4, -0.2) is 12.5 Å². The molecule has 86 valence electrons. The molecule has 1 aromatic carbocycles. The van der Waals surface area contributed by atoms with E-state index in [2.05, 4.69) is 24.5 Å². The van der Waals surface area contributed by atoms with Gasteiger partial charge >= 0.3 is 0 Å². The average molecular weight is 222 g/mol. The zero-order valence-electron chi connectivity index (χ0n) is 9.38. The van der Waals surface area contributed by atoms with Crippen LogP contribution >= 0.6 is 0 Å². The third kappa shape index (κ3) is 2.07. The fraction of sp³-hybridized carbons (Fsp3) is 0.417. The van der Waals surface area contributed by atoms with Crippen LogP contribution in [0.5, 0.6) is 0 Å². The minimum Gasteiger partial charge on any atom is -0.324 e. The predicted octanol–water partition coefficient (Wildman–Crippen LogP) is 2.06. The van der Waals surface area contributed by atoms with Gasteiger partial charge in [-0.2, -0.15) is 0 Å². The molecule has 1 aliphatic rings. The summed E-state index contributed by atoms with van der Waals surface area (Å²) in [5, 5.41) is 5.87. The molecule has 0 saturated heterocycles. The molecule has 3 nitrogen and oxygen atoms in total. The first kappa shape index (κ1) is 11.1. The molecule has 0 aromatic heterocycles. The molecule has 0 fully saturated rings. The van der Waals surface area contributed by atoms with Crippen molar-refractivity contribution >= 4 is 11.6 Å². The van der Waals surface area contributed by atoms with Gasteiger partial charge in [0.05, 0.1) is 0 Å². The lowest BCUT2D eigenvalue weighted by Crippen LogP contribution is -2.30. The van der Waals surface area contributed by atoms with Gasteiger partial charge in [0, 0.05) is 11.3 Å². The van der Waals surface area contributed by atoms with E-state index in [1.807, 2.05) is 0 Å². The van der Waals surface area contributed by atoms with Crippen LogP contribution in [0.25, 0.3) is 0 Å². The molecule has 16 heavy (non-hydrogen) atoms. The Labute approximate surface area is 94.0 Å². The summed E-state index contributed by atoms with van der Waals surface area (Å²) < 4.78 is 13.1. The van der Waals surface area contributed by atoms with E-state index >= 15 is 0 Å². The number of amides is 1. The van der Waals surface area contributed by atoms with Gasteiger partial charge in [-0.15, -0.1) is 0 Å². The Morgan fingerprint density at radius 1 is 1.50 bits per heavy atom. The van der Waals surface area contributed by atoms with E-state index in [4.69, 9.17) is 0 Å². The first-order valence-corrected chi connectivity index (χ1v) is 5.41. The van der Waals surface area contributed by atoms with Crippen LogP contribution in [0.15, 0.2) is 18.2 Å². The molecule has 4 heteroatoms. The monoisotopic (exact) mass is 222 g/mol. The lowest BCUT2D eigenvalue weighted by atomic mass is 10.1. The van der Waals surface area contributed by atoms with Gasteiger partial charge in [-0.25, -0.2) is 4.39 Å². The van der Waals surface area contributed by atoms with Gasteiger partial charge in [-0.05, 0) is 30.7 Å². The van der Waals surface area contributed by atoms with Crippen molar-refractivity contribution in [1.82, 2.24) is 5.32 Å². The Bertz CT molecular complexity index is 417. The Morgan fingerprint density at radius 3 is 2.94 bits per heavy atom. The molecule has 1 atom stereocenters. The van der Waals surface area contributed by atoms with Crippen LogP contribution in [0.3, 0.4) is 0 Å². The zero-order valence-corrected chi connectivity index (χ0v) is 9.38. The smallest absolute Gasteiger partial charge is 0.246 e. The van der Waals surface area contributed by atoms with Crippen molar-refractivity contribution in [2.45, 2.75) is 19.9 Å². The van der Waals surface area contributed by atoms with Crippen molar-refractivity contribution in [3.63, 3.8) is 0 Å². The van der Waals surface area contributed by atoms with Crippen LogP contribution in [-0.2, 0) is 4.79 Å². The SMILES string of the molecule is CC(C)CNC1C(=O)Nc2ccc(F)cc21. The largest absolute Gasteiger partial charge is 0.324 e. The Morgan fingerprint density at radius 2 is 2.25 bits per heavy atom. The molecule has 1 aromatic rings. The fourth-order valence-electron chi connectivity index (χ4n) is 1.79. The third-order valence-corrected chi connectivity index (χ3v) is 2.57. The van der Waals surface area contributed by atoms with Crippen molar-refractivity contribution in [2.24, 2.45) is 5.92 Å². The van der Waals surface area contributed by atoms with Crippen LogP contribution in [0.2, 0.25) is 0 Å². The Hall–Kier alpha value is -1.42. The first-order chi connectivity index (χ1) is 7.58. The molecule has 0 aliphatic carbocycles. The van der Waals surface area contributed by atoms with Crippen molar-refractivity contribution in [3.05, 3.63) is 29.6 Å². The topological polar surface area (TPSA) is 41.1 Å². The second-order valence-corrected chi connectivity index (χ2v) is 4.46. The molecule has 1 aliphatic heterocycles. The van der Waals surface area contributed by atoms with Gasteiger partial charge in [0.2, 0.25) is 5.91 Å². The molecule has 1 amide bonds. The highest BCUT2D eigenvalue weighted by molar-refractivity contribution is 6.02. The molecule has 2 N–H and O–H groups in total. The van der Waals surface area contributed by atoms with Gasteiger partial charge in [0.25, 0.3) is 0 Å². The number of rotatable bonds is 3. The number of benzene rings is 1. The van der Waals surface area contributed by atoms with E-state index < -0.39 is 6.04 Å². The molecule has 0 saturated carbocycles. The summed E-state index contributed by atoms with van der Waals surface area (Å²) in [6, 6.07) is 3.93. The summed E-state index contributed by atoms with van der Waals surface area (Å²) in [5.74, 6) is 0.0262. The average Bonchev–Trinajstić information content (AvgIpc) is 2.51. The number of hydrogen-bond acceptors (Lipinski definition) is 2. The Kier molecular flexibility index (Phi) is 2.92. The highest BCUT2D eigenvalue weighted by Gasteiger charge is 2.30. The normalized spacial score (nSPS) is 18.8. The standard InChI is InChI=1S/C12H15FN2O/c1-7(2)6-14-11-9-5-8(13)3-4-10(9)15-12(11)16/h3-5,7,11,14H,6H2,1-2H3,(H,15,16). The summed E-state index contributed by atoms with van der Waals surface area (Å²) in [4.78, 5) is 11.7. The van der Waals surface area contributed by atoms with Gasteiger partial charge in [-0.1, -0.05) is 13.8 Å². The van der Waals surface area contributed by atoms with Crippen LogP contribution in [0.4, 0.5) is 10.1 Å². The second-order valence-electron chi connectivity index (χ2n) is 4.46. The highest BCUT2D eigenvalue weighted by atomic mass is 19.1. The molecule has 1 unspecified atom stereocenters. The van der Waals surface area contributed by atoms with Crippen molar-refractivity contribution < 1.29 is 9.18 Å². The molecular weight excluding hydrogens is 207 g/mol. The zero-order chi connectivity index (χ0) is 11.7. The highest BCUT2D eigenvalue weighted by Crippen LogP contribution is 2.31. The quantitative estimate of drug-likeness (QED) is 0.822. The Balaban J connectivity index is 2.21. The molecule has 2 rings (SSSR count). The number of anilines is 1. The van der Waals surface area contributed by atoms with Gasteiger partial charge in [0.1, 0.15) is 11.9 Å². The van der Waals surface area contributed by atoms with Crippen molar-refractivity contribution in [1.29, 1.82) is 0 Å². The van der Waals surface area contributed by atoms with E-state index in [1.165, 1.54) is 12.1 Å². The van der Waals surface area contributed by atoms with E-state index in [-0.39, 0.29) is 11.7 Å².